The van der Waals surface area contributed by atoms with Gasteiger partial charge in [-0.1, -0.05) is 48.6 Å². The molecule has 0 unspecified atom stereocenters. The second-order valence-electron chi connectivity index (χ2n) is 5.18. The number of nitrogens with zero attached hydrogens (tertiary/aromatic N) is 1. The van der Waals surface area contributed by atoms with Gasteiger partial charge >= 0.3 is 0 Å². The number of carbonyl (C=O) groups excluding carboxylic acids is 1. The van der Waals surface area contributed by atoms with Crippen LogP contribution in [0.4, 0.5) is 0 Å². The summed E-state index contributed by atoms with van der Waals surface area (Å²) in [5.41, 5.74) is 1.22. The van der Waals surface area contributed by atoms with Gasteiger partial charge in [-0.3, -0.25) is 4.79 Å². The molecule has 0 saturated carbocycles. The monoisotopic (exact) mass is 269 g/mol. The van der Waals surface area contributed by atoms with E-state index >= 15 is 0 Å². The third-order valence-electron chi connectivity index (χ3n) is 3.54. The molecule has 1 aromatic carbocycles. The number of hydrogen-bond donors (Lipinski definition) is 0. The average molecular weight is 269 g/mol. The molecule has 0 N–H and O–H groups in total. The molecule has 0 atom stereocenters. The van der Waals surface area contributed by atoms with Crippen molar-refractivity contribution in [3.63, 3.8) is 0 Å². The van der Waals surface area contributed by atoms with Crippen LogP contribution in [0.15, 0.2) is 48.6 Å². The number of benzene rings is 1. The second kappa shape index (κ2) is 8.36. The highest BCUT2D eigenvalue weighted by Crippen LogP contribution is 2.09. The molecule has 20 heavy (non-hydrogen) atoms. The maximum atomic E-state index is 11.9. The zero-order valence-electron chi connectivity index (χ0n) is 12.0. The van der Waals surface area contributed by atoms with Crippen LogP contribution in [0.3, 0.4) is 0 Å². The number of allylic oxidation sites excluding steroid dienone is 2. The van der Waals surface area contributed by atoms with E-state index in [-0.39, 0.29) is 5.91 Å². The Labute approximate surface area is 121 Å². The van der Waals surface area contributed by atoms with Crippen molar-refractivity contribution in [1.29, 1.82) is 0 Å². The van der Waals surface area contributed by atoms with Crippen molar-refractivity contribution < 1.29 is 4.79 Å². The van der Waals surface area contributed by atoms with Crippen LogP contribution in [-0.2, 0) is 4.79 Å². The molecule has 0 bridgehead atoms. The molecular formula is C18H23NO. The van der Waals surface area contributed by atoms with Crippen LogP contribution >= 0.6 is 0 Å². The maximum absolute atomic E-state index is 11.9. The van der Waals surface area contributed by atoms with Gasteiger partial charge < -0.3 is 4.90 Å². The molecule has 1 aromatic rings. The zero-order valence-corrected chi connectivity index (χ0v) is 12.0. The number of hydrogen-bond acceptors (Lipinski definition) is 1. The topological polar surface area (TPSA) is 20.3 Å². The molecule has 1 heterocycles. The van der Waals surface area contributed by atoms with Crippen LogP contribution in [0.25, 0.3) is 6.08 Å². The third-order valence-corrected chi connectivity index (χ3v) is 3.54. The summed E-state index contributed by atoms with van der Waals surface area (Å²) in [7, 11) is 0. The van der Waals surface area contributed by atoms with Gasteiger partial charge in [0.2, 0.25) is 5.91 Å². The molecular weight excluding hydrogens is 246 g/mol. The average Bonchev–Trinajstić information content (AvgIpc) is 2.52. The maximum Gasteiger partial charge on any atom is 0.246 e. The number of unbranched alkanes of at least 4 members (excludes halogenated alkanes) is 1. The first-order valence-corrected chi connectivity index (χ1v) is 7.53. The van der Waals surface area contributed by atoms with E-state index in [0.29, 0.717) is 0 Å². The quantitative estimate of drug-likeness (QED) is 0.583. The molecule has 1 saturated heterocycles. The lowest BCUT2D eigenvalue weighted by atomic mass is 10.1. The zero-order chi connectivity index (χ0) is 14.0. The van der Waals surface area contributed by atoms with Crippen molar-refractivity contribution in [3.8, 4) is 0 Å². The van der Waals surface area contributed by atoms with Gasteiger partial charge in [-0.25, -0.2) is 0 Å². The number of piperidine rings is 1. The van der Waals surface area contributed by atoms with Crippen molar-refractivity contribution in [2.75, 3.05) is 13.1 Å². The Kier molecular flexibility index (Phi) is 6.09. The van der Waals surface area contributed by atoms with E-state index in [2.05, 4.69) is 24.3 Å². The van der Waals surface area contributed by atoms with E-state index < -0.39 is 0 Å². The number of carbonyl (C=O) groups is 1. The highest BCUT2D eigenvalue weighted by Gasteiger charge is 2.13. The van der Waals surface area contributed by atoms with E-state index in [1.807, 2.05) is 29.2 Å². The molecule has 2 heteroatoms. The number of likely N-dealkylation sites (tertiary alicyclic amines) is 1. The molecule has 1 fully saturated rings. The van der Waals surface area contributed by atoms with E-state index in [1.54, 1.807) is 6.08 Å². The lowest BCUT2D eigenvalue weighted by molar-refractivity contribution is -0.126. The fourth-order valence-electron chi connectivity index (χ4n) is 2.38. The molecule has 0 radical (unpaired) electrons. The van der Waals surface area contributed by atoms with Crippen molar-refractivity contribution in [1.82, 2.24) is 4.90 Å². The normalized spacial score (nSPS) is 16.1. The standard InChI is InChI=1S/C18H23NO/c20-18(19-15-9-4-10-16-19)14-8-2-1-5-11-17-12-6-3-7-13-17/h3,5-8,11-14H,1-2,4,9-10,15-16H2/b11-5-,14-8+. The number of rotatable bonds is 5. The Balaban J connectivity index is 1.66. The summed E-state index contributed by atoms with van der Waals surface area (Å²) in [5.74, 6) is 0.178. The van der Waals surface area contributed by atoms with Gasteiger partial charge in [0, 0.05) is 13.1 Å². The summed E-state index contributed by atoms with van der Waals surface area (Å²) in [6.45, 7) is 1.86. The van der Waals surface area contributed by atoms with Crippen molar-refractivity contribution in [3.05, 3.63) is 54.1 Å². The molecule has 1 aliphatic rings. The molecule has 2 nitrogen and oxygen atoms in total. The predicted octanol–water partition coefficient (Wildman–Crippen LogP) is 4.05. The van der Waals surface area contributed by atoms with Gasteiger partial charge in [0.25, 0.3) is 0 Å². The van der Waals surface area contributed by atoms with Gasteiger partial charge in [-0.2, -0.15) is 0 Å². The summed E-state index contributed by atoms with van der Waals surface area (Å²) in [6.07, 6.45) is 13.5. The molecule has 1 aliphatic heterocycles. The van der Waals surface area contributed by atoms with Crippen LogP contribution in [0.2, 0.25) is 0 Å². The van der Waals surface area contributed by atoms with Crippen LogP contribution in [0, 0.1) is 0 Å². The van der Waals surface area contributed by atoms with E-state index in [0.717, 1.165) is 38.8 Å². The van der Waals surface area contributed by atoms with Crippen molar-refractivity contribution >= 4 is 12.0 Å². The highest BCUT2D eigenvalue weighted by molar-refractivity contribution is 5.87. The predicted molar refractivity (Wildman–Crippen MR) is 84.3 cm³/mol. The van der Waals surface area contributed by atoms with Crippen LogP contribution in [-0.4, -0.2) is 23.9 Å². The van der Waals surface area contributed by atoms with Crippen molar-refractivity contribution in [2.45, 2.75) is 32.1 Å². The van der Waals surface area contributed by atoms with Crippen LogP contribution < -0.4 is 0 Å². The Morgan fingerprint density at radius 3 is 2.45 bits per heavy atom. The molecule has 0 aliphatic carbocycles. The van der Waals surface area contributed by atoms with Gasteiger partial charge in [0.1, 0.15) is 0 Å². The second-order valence-corrected chi connectivity index (χ2v) is 5.18. The van der Waals surface area contributed by atoms with Gasteiger partial charge in [-0.15, -0.1) is 0 Å². The van der Waals surface area contributed by atoms with Crippen molar-refractivity contribution in [2.24, 2.45) is 0 Å². The Bertz CT molecular complexity index is 456. The lowest BCUT2D eigenvalue weighted by Crippen LogP contribution is -2.34. The summed E-state index contributed by atoms with van der Waals surface area (Å²) in [6, 6.07) is 10.3. The van der Waals surface area contributed by atoms with E-state index in [1.165, 1.54) is 12.0 Å². The Morgan fingerprint density at radius 1 is 1.00 bits per heavy atom. The van der Waals surface area contributed by atoms with E-state index in [4.69, 9.17) is 0 Å². The summed E-state index contributed by atoms with van der Waals surface area (Å²) in [5, 5.41) is 0. The first-order valence-electron chi connectivity index (χ1n) is 7.53. The molecule has 106 valence electrons. The van der Waals surface area contributed by atoms with Gasteiger partial charge in [-0.05, 0) is 43.7 Å². The molecule has 2 rings (SSSR count). The molecule has 0 aromatic heterocycles. The third kappa shape index (κ3) is 5.04. The Morgan fingerprint density at radius 2 is 1.70 bits per heavy atom. The summed E-state index contributed by atoms with van der Waals surface area (Å²) >= 11 is 0. The van der Waals surface area contributed by atoms with Gasteiger partial charge in [0.15, 0.2) is 0 Å². The fraction of sp³-hybridized carbons (Fsp3) is 0.389. The highest BCUT2D eigenvalue weighted by atomic mass is 16.2. The van der Waals surface area contributed by atoms with E-state index in [9.17, 15) is 4.79 Å². The largest absolute Gasteiger partial charge is 0.339 e. The minimum Gasteiger partial charge on any atom is -0.339 e. The van der Waals surface area contributed by atoms with Crippen LogP contribution in [0.1, 0.15) is 37.7 Å². The lowest BCUT2D eigenvalue weighted by Gasteiger charge is -2.25. The number of amides is 1. The summed E-state index contributed by atoms with van der Waals surface area (Å²) in [4.78, 5) is 13.8. The smallest absolute Gasteiger partial charge is 0.246 e. The fourth-order valence-corrected chi connectivity index (χ4v) is 2.38. The molecule has 0 spiro atoms. The minimum absolute atomic E-state index is 0.178. The van der Waals surface area contributed by atoms with Gasteiger partial charge in [0.05, 0.1) is 0 Å². The minimum atomic E-state index is 0.178. The first-order chi connectivity index (χ1) is 9.86. The Hall–Kier alpha value is -1.83. The van der Waals surface area contributed by atoms with Crippen LogP contribution in [0.5, 0.6) is 0 Å². The molecule has 1 amide bonds. The summed E-state index contributed by atoms with van der Waals surface area (Å²) < 4.78 is 0. The SMILES string of the molecule is O=C(/C=C/CC/C=C\c1ccccc1)N1CCCCC1. The first kappa shape index (κ1) is 14.6.